The van der Waals surface area contributed by atoms with E-state index in [0.717, 1.165) is 12.5 Å². The predicted molar refractivity (Wildman–Crippen MR) is 70.5 cm³/mol. The topological polar surface area (TPSA) is 30.5 Å². The molecule has 0 fully saturated rings. The summed E-state index contributed by atoms with van der Waals surface area (Å²) < 4.78 is 47.6. The van der Waals surface area contributed by atoms with Crippen LogP contribution in [0.3, 0.4) is 0 Å². The van der Waals surface area contributed by atoms with Gasteiger partial charge in [0.2, 0.25) is 0 Å². The minimum absolute atomic E-state index is 0.419. The highest BCUT2D eigenvalue weighted by atomic mass is 19.4. The average Bonchev–Trinajstić information content (AvgIpc) is 2.41. The van der Waals surface area contributed by atoms with Gasteiger partial charge in [-0.3, -0.25) is 0 Å². The van der Waals surface area contributed by atoms with Crippen LogP contribution < -0.4 is 5.32 Å². The first-order valence-electron chi connectivity index (χ1n) is 6.47. The van der Waals surface area contributed by atoms with Crippen molar-refractivity contribution in [1.29, 1.82) is 0 Å². The monoisotopic (exact) mass is 291 g/mol. The maximum atomic E-state index is 12.5. The molecule has 0 saturated heterocycles. The summed E-state index contributed by atoms with van der Waals surface area (Å²) in [6.07, 6.45) is -3.48. The molecule has 20 heavy (non-hydrogen) atoms. The molecule has 0 amide bonds. The van der Waals surface area contributed by atoms with Crippen molar-refractivity contribution in [3.05, 3.63) is 35.4 Å². The first kappa shape index (κ1) is 16.9. The second-order valence-electron chi connectivity index (χ2n) is 4.33. The lowest BCUT2D eigenvalue weighted by molar-refractivity contribution is -0.137. The lowest BCUT2D eigenvalue weighted by Crippen LogP contribution is -2.17. The molecule has 0 heterocycles. The zero-order valence-electron chi connectivity index (χ0n) is 11.5. The lowest BCUT2D eigenvalue weighted by Gasteiger charge is -2.09. The van der Waals surface area contributed by atoms with Gasteiger partial charge in [-0.1, -0.05) is 18.2 Å². The molecule has 1 N–H and O–H groups in total. The van der Waals surface area contributed by atoms with Gasteiger partial charge in [0.05, 0.1) is 18.8 Å². The molecular weight excluding hydrogens is 271 g/mol. The highest BCUT2D eigenvalue weighted by molar-refractivity contribution is 5.25. The summed E-state index contributed by atoms with van der Waals surface area (Å²) in [5.41, 5.74) is 0.0137. The molecule has 0 aromatic heterocycles. The molecule has 114 valence electrons. The second kappa shape index (κ2) is 8.94. The normalized spacial score (nSPS) is 11.8. The van der Waals surface area contributed by atoms with Crippen LogP contribution in [0, 0.1) is 0 Å². The van der Waals surface area contributed by atoms with E-state index >= 15 is 0 Å². The summed E-state index contributed by atoms with van der Waals surface area (Å²) >= 11 is 0. The Morgan fingerprint density at radius 3 is 2.65 bits per heavy atom. The van der Waals surface area contributed by atoms with Gasteiger partial charge in [-0.05, 0) is 24.6 Å². The molecule has 0 aliphatic carbocycles. The fourth-order valence-electron chi connectivity index (χ4n) is 1.63. The van der Waals surface area contributed by atoms with E-state index in [1.807, 2.05) is 0 Å². The van der Waals surface area contributed by atoms with Crippen LogP contribution in [-0.4, -0.2) is 33.5 Å². The van der Waals surface area contributed by atoms with Gasteiger partial charge in [0.15, 0.2) is 0 Å². The van der Waals surface area contributed by atoms with Crippen LogP contribution in [0.25, 0.3) is 0 Å². The van der Waals surface area contributed by atoms with Crippen molar-refractivity contribution in [3.63, 3.8) is 0 Å². The van der Waals surface area contributed by atoms with Crippen molar-refractivity contribution in [3.8, 4) is 0 Å². The molecule has 0 atom stereocenters. The van der Waals surface area contributed by atoms with Gasteiger partial charge in [-0.15, -0.1) is 0 Å². The van der Waals surface area contributed by atoms with Crippen LogP contribution in [0.1, 0.15) is 17.5 Å². The van der Waals surface area contributed by atoms with Gasteiger partial charge < -0.3 is 14.8 Å². The van der Waals surface area contributed by atoms with E-state index in [2.05, 4.69) is 5.32 Å². The van der Waals surface area contributed by atoms with Gasteiger partial charge in [0.25, 0.3) is 0 Å². The van der Waals surface area contributed by atoms with Gasteiger partial charge >= 0.3 is 6.18 Å². The number of rotatable bonds is 9. The molecule has 0 saturated carbocycles. The van der Waals surface area contributed by atoms with Gasteiger partial charge in [-0.2, -0.15) is 13.2 Å². The Morgan fingerprint density at radius 1 is 1.15 bits per heavy atom. The summed E-state index contributed by atoms with van der Waals surface area (Å²) in [6.45, 7) is 2.85. The molecule has 1 aromatic rings. The molecule has 0 unspecified atom stereocenters. The molecule has 3 nitrogen and oxygen atoms in total. The number of halogens is 3. The minimum atomic E-state index is -4.29. The van der Waals surface area contributed by atoms with Crippen molar-refractivity contribution in [1.82, 2.24) is 5.32 Å². The summed E-state index contributed by atoms with van der Waals surface area (Å²) in [7, 11) is 1.61. The summed E-state index contributed by atoms with van der Waals surface area (Å²) in [5, 5.41) is 3.09. The van der Waals surface area contributed by atoms with E-state index in [4.69, 9.17) is 9.47 Å². The van der Waals surface area contributed by atoms with E-state index in [-0.39, 0.29) is 0 Å². The maximum Gasteiger partial charge on any atom is 0.416 e. The maximum absolute atomic E-state index is 12.5. The number of alkyl halides is 3. The number of benzene rings is 1. The molecule has 1 rings (SSSR count). The van der Waals surface area contributed by atoms with Crippen molar-refractivity contribution in [2.75, 3.05) is 33.5 Å². The van der Waals surface area contributed by atoms with Crippen molar-refractivity contribution in [2.24, 2.45) is 0 Å². The van der Waals surface area contributed by atoms with Gasteiger partial charge in [-0.25, -0.2) is 0 Å². The van der Waals surface area contributed by atoms with Crippen molar-refractivity contribution in [2.45, 2.75) is 19.1 Å². The van der Waals surface area contributed by atoms with Crippen molar-refractivity contribution < 1.29 is 22.6 Å². The fraction of sp³-hybridized carbons (Fsp3) is 0.571. The number of hydrogen-bond donors (Lipinski definition) is 1. The quantitative estimate of drug-likeness (QED) is 0.710. The SMILES string of the molecule is COCCOCCCNCc1cccc(C(F)(F)F)c1. The molecule has 1 aromatic carbocycles. The fourth-order valence-corrected chi connectivity index (χ4v) is 1.63. The standard InChI is InChI=1S/C14H20F3NO2/c1-19-8-9-20-7-3-6-18-11-12-4-2-5-13(10-12)14(15,16)17/h2,4-5,10,18H,3,6-9,11H2,1H3. The highest BCUT2D eigenvalue weighted by Gasteiger charge is 2.30. The van der Waals surface area contributed by atoms with Crippen LogP contribution in [0.15, 0.2) is 24.3 Å². The second-order valence-corrected chi connectivity index (χ2v) is 4.33. The molecule has 0 aliphatic heterocycles. The third-order valence-electron chi connectivity index (χ3n) is 2.66. The Bertz CT molecular complexity index is 383. The Labute approximate surface area is 117 Å². The third kappa shape index (κ3) is 6.88. The largest absolute Gasteiger partial charge is 0.416 e. The Morgan fingerprint density at radius 2 is 1.95 bits per heavy atom. The molecule has 0 bridgehead atoms. The van der Waals surface area contributed by atoms with Crippen LogP contribution in [-0.2, 0) is 22.2 Å². The smallest absolute Gasteiger partial charge is 0.382 e. The summed E-state index contributed by atoms with van der Waals surface area (Å²) in [6, 6.07) is 5.35. The zero-order valence-corrected chi connectivity index (χ0v) is 11.5. The van der Waals surface area contributed by atoms with E-state index in [1.165, 1.54) is 12.1 Å². The van der Waals surface area contributed by atoms with Crippen LogP contribution >= 0.6 is 0 Å². The zero-order chi connectivity index (χ0) is 14.8. The molecule has 6 heteroatoms. The van der Waals surface area contributed by atoms with Crippen molar-refractivity contribution >= 4 is 0 Å². The number of hydrogen-bond acceptors (Lipinski definition) is 3. The van der Waals surface area contributed by atoms with E-state index in [1.54, 1.807) is 13.2 Å². The number of nitrogens with one attached hydrogen (secondary N) is 1. The first-order chi connectivity index (χ1) is 9.54. The Balaban J connectivity index is 2.19. The lowest BCUT2D eigenvalue weighted by atomic mass is 10.1. The van der Waals surface area contributed by atoms with E-state index in [0.29, 0.717) is 38.5 Å². The summed E-state index contributed by atoms with van der Waals surface area (Å²) in [4.78, 5) is 0. The van der Waals surface area contributed by atoms with Gasteiger partial charge in [0.1, 0.15) is 0 Å². The third-order valence-corrected chi connectivity index (χ3v) is 2.66. The van der Waals surface area contributed by atoms with E-state index < -0.39 is 11.7 Å². The molecule has 0 aliphatic rings. The minimum Gasteiger partial charge on any atom is -0.382 e. The Kier molecular flexibility index (Phi) is 7.58. The number of methoxy groups -OCH3 is 1. The molecule has 0 spiro atoms. The van der Waals surface area contributed by atoms with Crippen LogP contribution in [0.2, 0.25) is 0 Å². The van der Waals surface area contributed by atoms with Gasteiger partial charge in [0, 0.05) is 20.3 Å². The van der Waals surface area contributed by atoms with Crippen LogP contribution in [0.5, 0.6) is 0 Å². The first-order valence-corrected chi connectivity index (χ1v) is 6.47. The average molecular weight is 291 g/mol. The van der Waals surface area contributed by atoms with E-state index in [9.17, 15) is 13.2 Å². The summed E-state index contributed by atoms with van der Waals surface area (Å²) in [5.74, 6) is 0. The molecule has 0 radical (unpaired) electrons. The van der Waals surface area contributed by atoms with Crippen LogP contribution in [0.4, 0.5) is 13.2 Å². The molecular formula is C14H20F3NO2. The number of ether oxygens (including phenoxy) is 2. The Hall–Kier alpha value is -1.11. The highest BCUT2D eigenvalue weighted by Crippen LogP contribution is 2.29. The predicted octanol–water partition coefficient (Wildman–Crippen LogP) is 2.85.